The number of ether oxygens (including phenoxy) is 4. The maximum atomic E-state index is 13.2. The molecular formula is C37H41N3O10. The van der Waals surface area contributed by atoms with Crippen LogP contribution in [0.15, 0.2) is 72.8 Å². The topological polar surface area (TPSA) is 184 Å². The first-order valence-electron chi connectivity index (χ1n) is 16.4. The van der Waals surface area contributed by atoms with Crippen molar-refractivity contribution in [2.45, 2.75) is 76.5 Å². The van der Waals surface area contributed by atoms with Crippen molar-refractivity contribution in [3.63, 3.8) is 0 Å². The molecule has 2 aliphatic rings. The van der Waals surface area contributed by atoms with Gasteiger partial charge in [-0.15, -0.1) is 0 Å². The quantitative estimate of drug-likeness (QED) is 0.176. The van der Waals surface area contributed by atoms with Crippen LogP contribution in [0.2, 0.25) is 0 Å². The molecule has 13 heteroatoms. The van der Waals surface area contributed by atoms with Crippen LogP contribution in [0, 0.1) is 0 Å². The van der Waals surface area contributed by atoms with Gasteiger partial charge in [0.2, 0.25) is 5.91 Å². The summed E-state index contributed by atoms with van der Waals surface area (Å²) in [7, 11) is 0. The van der Waals surface area contributed by atoms with Crippen LogP contribution in [0.5, 0.6) is 11.5 Å². The van der Waals surface area contributed by atoms with Gasteiger partial charge in [-0.25, -0.2) is 9.59 Å². The molecule has 2 heterocycles. The third kappa shape index (κ3) is 9.11. The number of amides is 3. The molecule has 3 amide bonds. The number of carbonyl (C=O) groups excluding carboxylic acids is 4. The highest BCUT2D eigenvalue weighted by molar-refractivity contribution is 6.22. The summed E-state index contributed by atoms with van der Waals surface area (Å²) in [4.78, 5) is 65.3. The van der Waals surface area contributed by atoms with Crippen LogP contribution >= 0.6 is 0 Å². The lowest BCUT2D eigenvalue weighted by atomic mass is 10.0. The molecule has 0 spiro atoms. The number of aliphatic carboxylic acids is 1. The molecule has 0 saturated carbocycles. The number of nitrogens with one attached hydrogen (secondary N) is 1. The third-order valence-electron chi connectivity index (χ3n) is 8.01. The Labute approximate surface area is 289 Å². The number of fused-ring (bicyclic) bond motifs is 1. The fourth-order valence-electron chi connectivity index (χ4n) is 5.68. The van der Waals surface area contributed by atoms with E-state index in [-0.39, 0.29) is 30.4 Å². The van der Waals surface area contributed by atoms with Crippen LogP contribution in [0.25, 0.3) is 0 Å². The van der Waals surface area contributed by atoms with Gasteiger partial charge in [-0.05, 0) is 74.7 Å². The average Bonchev–Trinajstić information content (AvgIpc) is 3.32. The number of imide groups is 1. The molecule has 1 saturated heterocycles. The van der Waals surface area contributed by atoms with E-state index < -0.39 is 59.7 Å². The van der Waals surface area contributed by atoms with E-state index in [1.807, 2.05) is 0 Å². The average molecular weight is 688 g/mol. The van der Waals surface area contributed by atoms with Gasteiger partial charge in [-0.1, -0.05) is 36.4 Å². The van der Waals surface area contributed by atoms with Crippen molar-refractivity contribution < 1.29 is 48.0 Å². The van der Waals surface area contributed by atoms with E-state index in [9.17, 15) is 29.1 Å². The molecule has 3 aromatic carbocycles. The number of esters is 1. The molecule has 0 unspecified atom stereocenters. The van der Waals surface area contributed by atoms with E-state index in [1.54, 1.807) is 81.4 Å². The summed E-state index contributed by atoms with van der Waals surface area (Å²) in [5.41, 5.74) is 6.85. The Kier molecular flexibility index (Phi) is 11.3. The normalized spacial score (nSPS) is 16.7. The zero-order valence-corrected chi connectivity index (χ0v) is 28.1. The molecule has 0 aliphatic carbocycles. The number of carboxylic acid groups (broad SMARTS) is 1. The fraction of sp³-hybridized carbons (Fsp3) is 0.378. The summed E-state index contributed by atoms with van der Waals surface area (Å²) < 4.78 is 22.7. The lowest BCUT2D eigenvalue weighted by molar-refractivity contribution is -0.184. The molecule has 0 radical (unpaired) electrons. The Balaban J connectivity index is 1.28. The molecule has 13 nitrogen and oxygen atoms in total. The van der Waals surface area contributed by atoms with Gasteiger partial charge in [0, 0.05) is 19.3 Å². The van der Waals surface area contributed by atoms with Crippen molar-refractivity contribution in [1.82, 2.24) is 10.2 Å². The van der Waals surface area contributed by atoms with E-state index >= 15 is 0 Å². The number of benzene rings is 3. The molecule has 4 N–H and O–H groups in total. The van der Waals surface area contributed by atoms with Gasteiger partial charge in [-0.2, -0.15) is 0 Å². The van der Waals surface area contributed by atoms with Crippen molar-refractivity contribution in [3.8, 4) is 11.5 Å². The second-order valence-electron chi connectivity index (χ2n) is 13.1. The van der Waals surface area contributed by atoms with Crippen LogP contribution < -0.4 is 15.8 Å². The highest BCUT2D eigenvalue weighted by Crippen LogP contribution is 2.28. The minimum absolute atomic E-state index is 0.0710. The van der Waals surface area contributed by atoms with E-state index in [1.165, 1.54) is 12.1 Å². The van der Waals surface area contributed by atoms with E-state index in [0.717, 1.165) is 11.3 Å². The minimum Gasteiger partial charge on any atom is -0.480 e. The predicted octanol–water partition coefficient (Wildman–Crippen LogP) is 3.62. The number of hydrogen-bond donors (Lipinski definition) is 3. The number of nitrogens with two attached hydrogens (primary N) is 1. The highest BCUT2D eigenvalue weighted by atomic mass is 16.7. The Hall–Kier alpha value is -5.11. The number of hydrogen-bond acceptors (Lipinski definition) is 10. The van der Waals surface area contributed by atoms with E-state index in [4.69, 9.17) is 24.7 Å². The standard InChI is InChI=1S/C37H41N3O10/c1-37(2,3)50-36(46)29(39-32(41)28(38)21-31-47-15-8-16-48-31)19-22-9-6-11-24(17-22)49-25-12-7-10-23(18-25)20-30(35(44)45)40-33(42)26-13-4-5-14-27(26)34(40)43/h4-7,9-14,17-18,28-31H,8,15-16,19-21,38H2,1-3H3,(H,39,41)(H,44,45)/t28-,29-,30-/m0/s1. The van der Waals surface area contributed by atoms with Gasteiger partial charge < -0.3 is 35.1 Å². The predicted molar refractivity (Wildman–Crippen MR) is 179 cm³/mol. The maximum Gasteiger partial charge on any atom is 0.329 e. The first kappa shape index (κ1) is 36.2. The zero-order chi connectivity index (χ0) is 36.0. The number of rotatable bonds is 13. The molecule has 3 atom stereocenters. The van der Waals surface area contributed by atoms with Gasteiger partial charge >= 0.3 is 11.9 Å². The van der Waals surface area contributed by atoms with E-state index in [2.05, 4.69) is 5.32 Å². The second kappa shape index (κ2) is 15.6. The number of carbonyl (C=O) groups is 5. The van der Waals surface area contributed by atoms with Gasteiger partial charge in [0.05, 0.1) is 30.4 Å². The minimum atomic E-state index is -1.43. The van der Waals surface area contributed by atoms with Crippen molar-refractivity contribution in [3.05, 3.63) is 95.1 Å². The van der Waals surface area contributed by atoms with Crippen molar-refractivity contribution in [2.75, 3.05) is 13.2 Å². The summed E-state index contributed by atoms with van der Waals surface area (Å²) in [6.07, 6.45) is 0.212. The molecular weight excluding hydrogens is 646 g/mol. The van der Waals surface area contributed by atoms with Crippen LogP contribution in [0.3, 0.4) is 0 Å². The maximum absolute atomic E-state index is 13.2. The highest BCUT2D eigenvalue weighted by Gasteiger charge is 2.42. The van der Waals surface area contributed by atoms with Crippen LogP contribution in [-0.4, -0.2) is 82.9 Å². The van der Waals surface area contributed by atoms with Gasteiger partial charge in [0.25, 0.3) is 11.8 Å². The molecule has 5 rings (SSSR count). The van der Waals surface area contributed by atoms with Gasteiger partial charge in [0.1, 0.15) is 29.2 Å². The first-order valence-corrected chi connectivity index (χ1v) is 16.4. The summed E-state index contributed by atoms with van der Waals surface area (Å²) >= 11 is 0. The zero-order valence-electron chi connectivity index (χ0n) is 28.1. The van der Waals surface area contributed by atoms with Crippen LogP contribution in [-0.2, 0) is 41.4 Å². The lowest BCUT2D eigenvalue weighted by Gasteiger charge is -2.27. The van der Waals surface area contributed by atoms with Crippen molar-refractivity contribution >= 4 is 29.7 Å². The Morgan fingerprint density at radius 2 is 1.46 bits per heavy atom. The number of nitrogens with zero attached hydrogens (tertiary/aromatic N) is 1. The molecule has 0 bridgehead atoms. The molecule has 50 heavy (non-hydrogen) atoms. The molecule has 264 valence electrons. The molecule has 3 aromatic rings. The summed E-state index contributed by atoms with van der Waals surface area (Å²) in [5, 5.41) is 12.7. The van der Waals surface area contributed by atoms with Crippen molar-refractivity contribution in [1.29, 1.82) is 0 Å². The SMILES string of the molecule is CC(C)(C)OC(=O)[C@H](Cc1cccc(Oc2cccc(C[C@@H](C(=O)O)N3C(=O)c4ccccc4C3=O)c2)c1)NC(=O)[C@@H](N)CC1OCCCO1. The smallest absolute Gasteiger partial charge is 0.329 e. The summed E-state index contributed by atoms with van der Waals surface area (Å²) in [5.74, 6) is -3.03. The summed E-state index contributed by atoms with van der Waals surface area (Å²) in [6.45, 7) is 6.22. The molecule has 1 fully saturated rings. The Morgan fingerprint density at radius 1 is 0.900 bits per heavy atom. The van der Waals surface area contributed by atoms with Crippen LogP contribution in [0.4, 0.5) is 0 Å². The largest absolute Gasteiger partial charge is 0.480 e. The van der Waals surface area contributed by atoms with Crippen molar-refractivity contribution in [2.24, 2.45) is 5.73 Å². The van der Waals surface area contributed by atoms with Gasteiger partial charge in [0.15, 0.2) is 6.29 Å². The van der Waals surface area contributed by atoms with E-state index in [0.29, 0.717) is 35.8 Å². The summed E-state index contributed by atoms with van der Waals surface area (Å²) in [6, 6.07) is 16.3. The second-order valence-corrected chi connectivity index (χ2v) is 13.1. The Bertz CT molecular complexity index is 1710. The third-order valence-corrected chi connectivity index (χ3v) is 8.01. The monoisotopic (exact) mass is 687 g/mol. The molecule has 2 aliphatic heterocycles. The van der Waals surface area contributed by atoms with Gasteiger partial charge in [-0.3, -0.25) is 19.3 Å². The first-order chi connectivity index (χ1) is 23.8. The Morgan fingerprint density at radius 3 is 2.00 bits per heavy atom. The molecule has 0 aromatic heterocycles. The number of carboxylic acids is 1. The lowest BCUT2D eigenvalue weighted by Crippen LogP contribution is -2.52. The fourth-order valence-corrected chi connectivity index (χ4v) is 5.68. The van der Waals surface area contributed by atoms with Crippen LogP contribution in [0.1, 0.15) is 65.5 Å².